The standard InChI is InChI=1S/C18H23NO5/c1-5-18(2,3)19-15(20)11-23-17(21)16-13(10-22-4)12-8-6-7-9-14(12)24-16/h6-9H,5,10-11H2,1-4H3,(H,19,20). The Bertz CT molecular complexity index is 732. The molecule has 0 fully saturated rings. The van der Waals surface area contributed by atoms with Gasteiger partial charge in [-0.2, -0.15) is 0 Å². The maximum atomic E-state index is 12.3. The molecule has 2 aromatic rings. The van der Waals surface area contributed by atoms with Crippen molar-refractivity contribution < 1.29 is 23.5 Å². The summed E-state index contributed by atoms with van der Waals surface area (Å²) in [5.41, 5.74) is 0.852. The highest BCUT2D eigenvalue weighted by Crippen LogP contribution is 2.27. The van der Waals surface area contributed by atoms with E-state index in [2.05, 4.69) is 5.32 Å². The summed E-state index contributed by atoms with van der Waals surface area (Å²) >= 11 is 0. The second-order valence-corrected chi connectivity index (χ2v) is 6.20. The highest BCUT2D eigenvalue weighted by atomic mass is 16.5. The summed E-state index contributed by atoms with van der Waals surface area (Å²) in [4.78, 5) is 24.2. The number of ether oxygens (including phenoxy) is 2. The topological polar surface area (TPSA) is 77.8 Å². The monoisotopic (exact) mass is 333 g/mol. The largest absolute Gasteiger partial charge is 0.450 e. The Morgan fingerprint density at radius 2 is 1.96 bits per heavy atom. The second-order valence-electron chi connectivity index (χ2n) is 6.20. The van der Waals surface area contributed by atoms with Gasteiger partial charge in [-0.25, -0.2) is 4.79 Å². The second kappa shape index (κ2) is 7.49. The van der Waals surface area contributed by atoms with Gasteiger partial charge >= 0.3 is 5.97 Å². The van der Waals surface area contributed by atoms with Gasteiger partial charge in [-0.15, -0.1) is 0 Å². The molecule has 0 saturated carbocycles. The summed E-state index contributed by atoms with van der Waals surface area (Å²) < 4.78 is 15.8. The van der Waals surface area contributed by atoms with E-state index in [0.29, 0.717) is 11.1 Å². The number of benzene rings is 1. The maximum absolute atomic E-state index is 12.3. The third-order valence-corrected chi connectivity index (χ3v) is 3.87. The van der Waals surface area contributed by atoms with E-state index in [0.717, 1.165) is 11.8 Å². The third-order valence-electron chi connectivity index (χ3n) is 3.87. The fourth-order valence-electron chi connectivity index (χ4n) is 2.25. The van der Waals surface area contributed by atoms with Crippen LogP contribution in [0.25, 0.3) is 11.0 Å². The Morgan fingerprint density at radius 1 is 1.25 bits per heavy atom. The average molecular weight is 333 g/mol. The van der Waals surface area contributed by atoms with Gasteiger partial charge in [-0.05, 0) is 26.3 Å². The molecule has 1 amide bonds. The first kappa shape index (κ1) is 18.0. The smallest absolute Gasteiger partial charge is 0.375 e. The Balaban J connectivity index is 2.11. The fraction of sp³-hybridized carbons (Fsp3) is 0.444. The van der Waals surface area contributed by atoms with Gasteiger partial charge < -0.3 is 19.2 Å². The Kier molecular flexibility index (Phi) is 5.62. The van der Waals surface area contributed by atoms with Crippen LogP contribution in [-0.4, -0.2) is 31.1 Å². The fourth-order valence-corrected chi connectivity index (χ4v) is 2.25. The molecule has 24 heavy (non-hydrogen) atoms. The van der Waals surface area contributed by atoms with Crippen LogP contribution in [0.5, 0.6) is 0 Å². The predicted molar refractivity (Wildman–Crippen MR) is 89.7 cm³/mol. The molecule has 1 heterocycles. The van der Waals surface area contributed by atoms with E-state index >= 15 is 0 Å². The highest BCUT2D eigenvalue weighted by molar-refractivity contribution is 5.96. The molecular formula is C18H23NO5. The first-order chi connectivity index (χ1) is 11.4. The van der Waals surface area contributed by atoms with Gasteiger partial charge in [0.2, 0.25) is 5.76 Å². The van der Waals surface area contributed by atoms with Crippen LogP contribution in [0.2, 0.25) is 0 Å². The number of hydrogen-bond acceptors (Lipinski definition) is 5. The number of nitrogens with one attached hydrogen (secondary N) is 1. The molecule has 0 unspecified atom stereocenters. The molecule has 0 atom stereocenters. The van der Waals surface area contributed by atoms with Gasteiger partial charge in [0, 0.05) is 23.6 Å². The summed E-state index contributed by atoms with van der Waals surface area (Å²) in [5.74, 6) is -0.956. The molecule has 1 N–H and O–H groups in total. The third kappa shape index (κ3) is 4.14. The van der Waals surface area contributed by atoms with Crippen molar-refractivity contribution in [1.82, 2.24) is 5.32 Å². The number of furan rings is 1. The first-order valence-electron chi connectivity index (χ1n) is 7.85. The lowest BCUT2D eigenvalue weighted by Crippen LogP contribution is -2.44. The number of carbonyl (C=O) groups is 2. The predicted octanol–water partition coefficient (Wildman–Crippen LogP) is 3.04. The van der Waals surface area contributed by atoms with E-state index in [9.17, 15) is 9.59 Å². The first-order valence-corrected chi connectivity index (χ1v) is 7.85. The van der Waals surface area contributed by atoms with Crippen molar-refractivity contribution in [2.45, 2.75) is 39.3 Å². The van der Waals surface area contributed by atoms with Gasteiger partial charge in [0.25, 0.3) is 5.91 Å². The van der Waals surface area contributed by atoms with Gasteiger partial charge in [0.1, 0.15) is 5.58 Å². The maximum Gasteiger partial charge on any atom is 0.375 e. The molecule has 2 rings (SSSR count). The summed E-state index contributed by atoms with van der Waals surface area (Å²) in [7, 11) is 1.54. The van der Waals surface area contributed by atoms with E-state index in [-0.39, 0.29) is 30.4 Å². The zero-order chi connectivity index (χ0) is 17.7. The van der Waals surface area contributed by atoms with Crippen molar-refractivity contribution in [2.24, 2.45) is 0 Å². The summed E-state index contributed by atoms with van der Waals surface area (Å²) in [6.45, 7) is 5.64. The van der Waals surface area contributed by atoms with Crippen LogP contribution in [0.4, 0.5) is 0 Å². The molecule has 0 radical (unpaired) electrons. The van der Waals surface area contributed by atoms with E-state index in [1.165, 1.54) is 7.11 Å². The number of para-hydroxylation sites is 1. The lowest BCUT2D eigenvalue weighted by atomic mass is 10.0. The van der Waals surface area contributed by atoms with Crippen LogP contribution in [0.3, 0.4) is 0 Å². The highest BCUT2D eigenvalue weighted by Gasteiger charge is 2.23. The Morgan fingerprint density at radius 3 is 2.62 bits per heavy atom. The summed E-state index contributed by atoms with van der Waals surface area (Å²) in [6, 6.07) is 7.28. The Labute approximate surface area is 141 Å². The molecular weight excluding hydrogens is 310 g/mol. The minimum absolute atomic E-state index is 0.0700. The van der Waals surface area contributed by atoms with Crippen molar-refractivity contribution in [3.05, 3.63) is 35.6 Å². The number of carbonyl (C=O) groups excluding carboxylic acids is 2. The van der Waals surface area contributed by atoms with Crippen LogP contribution < -0.4 is 5.32 Å². The van der Waals surface area contributed by atoms with Gasteiger partial charge in [0.05, 0.1) is 6.61 Å². The molecule has 6 heteroatoms. The van der Waals surface area contributed by atoms with Crippen molar-refractivity contribution in [3.8, 4) is 0 Å². The Hall–Kier alpha value is -2.34. The molecule has 0 bridgehead atoms. The molecule has 0 aliphatic heterocycles. The zero-order valence-corrected chi connectivity index (χ0v) is 14.5. The minimum atomic E-state index is -0.678. The van der Waals surface area contributed by atoms with Crippen LogP contribution in [0.1, 0.15) is 43.3 Å². The zero-order valence-electron chi connectivity index (χ0n) is 14.5. The quantitative estimate of drug-likeness (QED) is 0.788. The molecule has 1 aromatic heterocycles. The van der Waals surface area contributed by atoms with Gasteiger partial charge in [0.15, 0.2) is 6.61 Å². The normalized spacial score (nSPS) is 11.5. The van der Waals surface area contributed by atoms with Crippen molar-refractivity contribution >= 4 is 22.8 Å². The summed E-state index contributed by atoms with van der Waals surface area (Å²) in [6.07, 6.45) is 0.772. The summed E-state index contributed by atoms with van der Waals surface area (Å²) in [5, 5.41) is 3.60. The molecule has 0 saturated heterocycles. The van der Waals surface area contributed by atoms with Crippen molar-refractivity contribution in [2.75, 3.05) is 13.7 Å². The number of amides is 1. The van der Waals surface area contributed by atoms with E-state index < -0.39 is 5.97 Å². The van der Waals surface area contributed by atoms with Gasteiger partial charge in [-0.1, -0.05) is 25.1 Å². The number of methoxy groups -OCH3 is 1. The van der Waals surface area contributed by atoms with Crippen molar-refractivity contribution in [3.63, 3.8) is 0 Å². The van der Waals surface area contributed by atoms with E-state index in [1.807, 2.05) is 39.0 Å². The molecule has 1 aromatic carbocycles. The number of esters is 1. The molecule has 0 aliphatic rings. The van der Waals surface area contributed by atoms with Crippen LogP contribution in [0.15, 0.2) is 28.7 Å². The van der Waals surface area contributed by atoms with Gasteiger partial charge in [-0.3, -0.25) is 4.79 Å². The van der Waals surface area contributed by atoms with Crippen LogP contribution >= 0.6 is 0 Å². The molecule has 0 spiro atoms. The molecule has 130 valence electrons. The lowest BCUT2D eigenvalue weighted by Gasteiger charge is -2.24. The number of fused-ring (bicyclic) bond motifs is 1. The SMILES string of the molecule is CCC(C)(C)NC(=O)COC(=O)c1oc2ccccc2c1COC. The number of rotatable bonds is 7. The van der Waals surface area contributed by atoms with E-state index in [4.69, 9.17) is 13.9 Å². The van der Waals surface area contributed by atoms with E-state index in [1.54, 1.807) is 6.07 Å². The molecule has 6 nitrogen and oxygen atoms in total. The van der Waals surface area contributed by atoms with Crippen LogP contribution in [-0.2, 0) is 20.9 Å². The average Bonchev–Trinajstić information content (AvgIpc) is 2.92. The lowest BCUT2D eigenvalue weighted by molar-refractivity contribution is -0.125. The minimum Gasteiger partial charge on any atom is -0.450 e. The number of hydrogen-bond donors (Lipinski definition) is 1. The van der Waals surface area contributed by atoms with Crippen LogP contribution in [0, 0.1) is 0 Å². The van der Waals surface area contributed by atoms with Crippen molar-refractivity contribution in [1.29, 1.82) is 0 Å². The molecule has 0 aliphatic carbocycles.